The lowest BCUT2D eigenvalue weighted by Crippen LogP contribution is -2.46. The molecule has 0 aromatic heterocycles. The maximum atomic E-state index is 12.0. The van der Waals surface area contributed by atoms with E-state index in [0.29, 0.717) is 19.0 Å². The first-order valence-electron chi connectivity index (χ1n) is 6.64. The van der Waals surface area contributed by atoms with Crippen LogP contribution in [0.4, 0.5) is 4.79 Å². The zero-order valence-electron chi connectivity index (χ0n) is 12.6. The van der Waals surface area contributed by atoms with Crippen LogP contribution in [-0.4, -0.2) is 67.2 Å². The molecule has 0 bridgehead atoms. The van der Waals surface area contributed by atoms with Crippen LogP contribution in [0.1, 0.15) is 20.8 Å². The summed E-state index contributed by atoms with van der Waals surface area (Å²) in [6.45, 7) is 7.93. The Bertz CT molecular complexity index is 293. The molecule has 0 heterocycles. The molecule has 0 rings (SSSR count). The molecule has 2 N–H and O–H groups in total. The first-order valence-corrected chi connectivity index (χ1v) is 6.64. The molecule has 0 aromatic carbocycles. The van der Waals surface area contributed by atoms with E-state index in [0.717, 1.165) is 6.54 Å². The molecule has 1 unspecified atom stereocenters. The number of carbonyl (C=O) groups excluding carboxylic acids is 1. The van der Waals surface area contributed by atoms with Gasteiger partial charge in [-0.05, 0) is 20.0 Å². The average Bonchev–Trinajstić information content (AvgIpc) is 2.29. The summed E-state index contributed by atoms with van der Waals surface area (Å²) in [5, 5.41) is 11.5. The van der Waals surface area contributed by atoms with E-state index in [1.54, 1.807) is 11.8 Å². The molecule has 0 aliphatic heterocycles. The van der Waals surface area contributed by atoms with Gasteiger partial charge in [0, 0.05) is 26.2 Å². The molecular formula is C13H27N3O3. The third-order valence-electron chi connectivity index (χ3n) is 2.67. The summed E-state index contributed by atoms with van der Waals surface area (Å²) >= 11 is 0. The van der Waals surface area contributed by atoms with E-state index in [-0.39, 0.29) is 12.6 Å². The van der Waals surface area contributed by atoms with Crippen LogP contribution in [0, 0.1) is 11.8 Å². The molecule has 0 aliphatic carbocycles. The minimum absolute atomic E-state index is 0.157. The van der Waals surface area contributed by atoms with Crippen LogP contribution in [0.15, 0.2) is 0 Å². The van der Waals surface area contributed by atoms with Crippen molar-refractivity contribution in [2.24, 2.45) is 11.8 Å². The minimum atomic E-state index is -0.899. The highest BCUT2D eigenvalue weighted by Gasteiger charge is 2.17. The number of nitrogens with zero attached hydrogens (tertiary/aromatic N) is 2. The van der Waals surface area contributed by atoms with Crippen molar-refractivity contribution in [2.45, 2.75) is 20.8 Å². The van der Waals surface area contributed by atoms with Gasteiger partial charge < -0.3 is 20.2 Å². The van der Waals surface area contributed by atoms with Gasteiger partial charge in [-0.2, -0.15) is 0 Å². The summed E-state index contributed by atoms with van der Waals surface area (Å²) in [6.07, 6.45) is 0. The van der Waals surface area contributed by atoms with Gasteiger partial charge in [0.25, 0.3) is 0 Å². The van der Waals surface area contributed by atoms with Gasteiger partial charge in [-0.25, -0.2) is 4.79 Å². The van der Waals surface area contributed by atoms with Crippen molar-refractivity contribution in [1.29, 1.82) is 0 Å². The quantitative estimate of drug-likeness (QED) is 0.690. The summed E-state index contributed by atoms with van der Waals surface area (Å²) in [5.41, 5.74) is 0. The Kier molecular flexibility index (Phi) is 8.14. The Balaban J connectivity index is 4.32. The van der Waals surface area contributed by atoms with Crippen LogP contribution in [0.2, 0.25) is 0 Å². The molecule has 6 heteroatoms. The van der Waals surface area contributed by atoms with Gasteiger partial charge >= 0.3 is 12.0 Å². The lowest BCUT2D eigenvalue weighted by atomic mass is 10.2. The Morgan fingerprint density at radius 2 is 1.74 bits per heavy atom. The number of aliphatic carboxylic acids is 1. The van der Waals surface area contributed by atoms with Gasteiger partial charge in [0.1, 0.15) is 0 Å². The highest BCUT2D eigenvalue weighted by Crippen LogP contribution is 2.00. The number of carboxylic acids is 1. The molecule has 19 heavy (non-hydrogen) atoms. The van der Waals surface area contributed by atoms with Gasteiger partial charge in [0.2, 0.25) is 0 Å². The van der Waals surface area contributed by atoms with Crippen LogP contribution in [0.3, 0.4) is 0 Å². The summed E-state index contributed by atoms with van der Waals surface area (Å²) in [7, 11) is 3.91. The standard InChI is InChI=1S/C13H27N3O3/c1-10(2)9-16(7-6-15(4)5)13(19)14-8-11(3)12(17)18/h10-11H,6-9H2,1-5H3,(H,14,19)(H,17,18). The van der Waals surface area contributed by atoms with E-state index in [9.17, 15) is 9.59 Å². The van der Waals surface area contributed by atoms with Crippen LogP contribution in [-0.2, 0) is 4.79 Å². The number of amides is 2. The van der Waals surface area contributed by atoms with Gasteiger partial charge in [-0.15, -0.1) is 0 Å². The maximum absolute atomic E-state index is 12.0. The summed E-state index contributed by atoms with van der Waals surface area (Å²) in [4.78, 5) is 26.5. The first-order chi connectivity index (χ1) is 8.73. The Labute approximate surface area is 115 Å². The summed E-state index contributed by atoms with van der Waals surface area (Å²) in [5.74, 6) is -1.09. The smallest absolute Gasteiger partial charge is 0.317 e. The molecule has 112 valence electrons. The number of likely N-dealkylation sites (N-methyl/N-ethyl adjacent to an activating group) is 1. The molecule has 0 saturated carbocycles. The van der Waals surface area contributed by atoms with Crippen molar-refractivity contribution in [3.05, 3.63) is 0 Å². The van der Waals surface area contributed by atoms with Gasteiger partial charge in [-0.1, -0.05) is 20.8 Å². The van der Waals surface area contributed by atoms with Crippen molar-refractivity contribution in [2.75, 3.05) is 40.3 Å². The summed E-state index contributed by atoms with van der Waals surface area (Å²) < 4.78 is 0. The monoisotopic (exact) mass is 273 g/mol. The fourth-order valence-corrected chi connectivity index (χ4v) is 1.48. The Hall–Kier alpha value is -1.30. The lowest BCUT2D eigenvalue weighted by molar-refractivity contribution is -0.140. The van der Waals surface area contributed by atoms with Crippen LogP contribution < -0.4 is 5.32 Å². The fraction of sp³-hybridized carbons (Fsp3) is 0.846. The lowest BCUT2D eigenvalue weighted by Gasteiger charge is -2.26. The molecule has 0 fully saturated rings. The molecule has 0 aliphatic rings. The highest BCUT2D eigenvalue weighted by atomic mass is 16.4. The number of hydrogen-bond acceptors (Lipinski definition) is 3. The van der Waals surface area contributed by atoms with Crippen molar-refractivity contribution in [3.63, 3.8) is 0 Å². The summed E-state index contributed by atoms with van der Waals surface area (Å²) in [6, 6.07) is -0.191. The van der Waals surface area contributed by atoms with E-state index >= 15 is 0 Å². The zero-order valence-corrected chi connectivity index (χ0v) is 12.6. The second-order valence-corrected chi connectivity index (χ2v) is 5.57. The van der Waals surface area contributed by atoms with Gasteiger partial charge in [-0.3, -0.25) is 4.79 Å². The number of hydrogen-bond donors (Lipinski definition) is 2. The normalized spacial score (nSPS) is 12.6. The van der Waals surface area contributed by atoms with Crippen molar-refractivity contribution >= 4 is 12.0 Å². The van der Waals surface area contributed by atoms with Crippen LogP contribution in [0.25, 0.3) is 0 Å². The van der Waals surface area contributed by atoms with E-state index < -0.39 is 11.9 Å². The maximum Gasteiger partial charge on any atom is 0.317 e. The minimum Gasteiger partial charge on any atom is -0.481 e. The molecule has 1 atom stereocenters. The topological polar surface area (TPSA) is 72.9 Å². The molecule has 2 amide bonds. The number of urea groups is 1. The van der Waals surface area contributed by atoms with E-state index in [4.69, 9.17) is 5.11 Å². The van der Waals surface area contributed by atoms with E-state index in [1.807, 2.05) is 19.0 Å². The number of carboxylic acid groups (broad SMARTS) is 1. The Morgan fingerprint density at radius 1 is 1.16 bits per heavy atom. The number of carbonyl (C=O) groups is 2. The van der Waals surface area contributed by atoms with Crippen molar-refractivity contribution < 1.29 is 14.7 Å². The molecule has 0 saturated heterocycles. The number of rotatable bonds is 8. The zero-order chi connectivity index (χ0) is 15.0. The molecule has 0 radical (unpaired) electrons. The number of nitrogens with one attached hydrogen (secondary N) is 1. The largest absolute Gasteiger partial charge is 0.481 e. The Morgan fingerprint density at radius 3 is 2.16 bits per heavy atom. The van der Waals surface area contributed by atoms with Gasteiger partial charge in [0.05, 0.1) is 5.92 Å². The molecular weight excluding hydrogens is 246 g/mol. The second kappa shape index (κ2) is 8.74. The molecule has 0 spiro atoms. The molecule has 0 aromatic rings. The predicted molar refractivity (Wildman–Crippen MR) is 75.2 cm³/mol. The predicted octanol–water partition coefficient (Wildman–Crippen LogP) is 0.936. The van der Waals surface area contributed by atoms with Gasteiger partial charge in [0.15, 0.2) is 0 Å². The van der Waals surface area contributed by atoms with Crippen LogP contribution >= 0.6 is 0 Å². The van der Waals surface area contributed by atoms with Crippen LogP contribution in [0.5, 0.6) is 0 Å². The third kappa shape index (κ3) is 8.42. The van der Waals surface area contributed by atoms with Crippen molar-refractivity contribution in [3.8, 4) is 0 Å². The fourth-order valence-electron chi connectivity index (χ4n) is 1.48. The SMILES string of the molecule is CC(C)CN(CCN(C)C)C(=O)NCC(C)C(=O)O. The van der Waals surface area contributed by atoms with Crippen molar-refractivity contribution in [1.82, 2.24) is 15.1 Å². The first kappa shape index (κ1) is 17.7. The highest BCUT2D eigenvalue weighted by molar-refractivity contribution is 5.75. The van der Waals surface area contributed by atoms with E-state index in [1.165, 1.54) is 0 Å². The second-order valence-electron chi connectivity index (χ2n) is 5.57. The third-order valence-corrected chi connectivity index (χ3v) is 2.67. The van der Waals surface area contributed by atoms with E-state index in [2.05, 4.69) is 19.2 Å². The average molecular weight is 273 g/mol. The molecule has 6 nitrogen and oxygen atoms in total.